The van der Waals surface area contributed by atoms with E-state index in [9.17, 15) is 0 Å². The summed E-state index contributed by atoms with van der Waals surface area (Å²) in [6.45, 7) is 1.95. The lowest BCUT2D eigenvalue weighted by Gasteiger charge is -2.14. The Kier molecular flexibility index (Phi) is 3.11. The minimum atomic E-state index is 0. The van der Waals surface area contributed by atoms with Crippen LogP contribution >= 0.6 is 11.3 Å². The highest BCUT2D eigenvalue weighted by atomic mass is 35.5. The lowest BCUT2D eigenvalue weighted by molar-refractivity contribution is -0.669. The lowest BCUT2D eigenvalue weighted by Crippen LogP contribution is -3.00. The average Bonchev–Trinajstić information content (AvgIpc) is 2.04. The van der Waals surface area contributed by atoms with Gasteiger partial charge in [-0.05, 0) is 11.3 Å². The van der Waals surface area contributed by atoms with Crippen molar-refractivity contribution in [2.75, 3.05) is 17.6 Å². The molecule has 13 heavy (non-hydrogen) atoms. The molecule has 2 heterocycles. The van der Waals surface area contributed by atoms with Crippen LogP contribution < -0.4 is 32.7 Å². The number of nitrogens with two attached hydrogens (primary N) is 1. The third kappa shape index (κ3) is 1.92. The molecule has 1 aliphatic heterocycles. The minimum absolute atomic E-state index is 0. The van der Waals surface area contributed by atoms with Crippen LogP contribution in [0.2, 0.25) is 0 Å². The predicted octanol–water partition coefficient (Wildman–Crippen LogP) is -3.08. The van der Waals surface area contributed by atoms with Gasteiger partial charge in [0.1, 0.15) is 4.67 Å². The van der Waals surface area contributed by atoms with Gasteiger partial charge in [0.15, 0.2) is 0 Å². The van der Waals surface area contributed by atoms with Gasteiger partial charge >= 0.3 is 0 Å². The molecule has 0 unspecified atom stereocenters. The third-order valence-electron chi connectivity index (χ3n) is 1.88. The maximum Gasteiger partial charge on any atom is 0.282 e. The van der Waals surface area contributed by atoms with Crippen LogP contribution in [0, 0.1) is 5.41 Å². The molecule has 6 heteroatoms. The number of rotatable bonds is 0. The van der Waals surface area contributed by atoms with E-state index in [0.717, 1.165) is 24.6 Å². The Bertz CT molecular complexity index is 362. The second-order valence-corrected chi connectivity index (χ2v) is 3.80. The zero-order valence-corrected chi connectivity index (χ0v) is 8.58. The van der Waals surface area contributed by atoms with Crippen LogP contribution in [0.4, 0.5) is 10.9 Å². The highest BCUT2D eigenvalue weighted by Gasteiger charge is 2.15. The predicted molar refractivity (Wildman–Crippen MR) is 47.9 cm³/mol. The van der Waals surface area contributed by atoms with E-state index in [2.05, 4.69) is 5.32 Å². The Morgan fingerprint density at radius 3 is 3.15 bits per heavy atom. The second kappa shape index (κ2) is 3.93. The van der Waals surface area contributed by atoms with E-state index in [4.69, 9.17) is 11.1 Å². The number of hydrogen-bond acceptors (Lipinski definition) is 4. The Hall–Kier alpha value is -0.810. The van der Waals surface area contributed by atoms with Crippen LogP contribution in [0.15, 0.2) is 6.07 Å². The molecule has 0 aliphatic carbocycles. The average molecular weight is 219 g/mol. The fourth-order valence-electron chi connectivity index (χ4n) is 1.31. The molecule has 0 fully saturated rings. The zero-order chi connectivity index (χ0) is 8.55. The molecule has 4 N–H and O–H groups in total. The van der Waals surface area contributed by atoms with E-state index >= 15 is 0 Å². The van der Waals surface area contributed by atoms with Gasteiger partial charge in [-0.1, -0.05) is 0 Å². The van der Waals surface area contributed by atoms with E-state index in [1.165, 1.54) is 11.3 Å². The SMILES string of the molecule is N=c1cc(N)[n+]2c(s1)NCCC2.[Cl-]. The molecule has 4 nitrogen and oxygen atoms in total. The Balaban J connectivity index is 0.000000845. The number of fused-ring (bicyclic) bond motifs is 1. The number of aromatic nitrogens is 1. The zero-order valence-electron chi connectivity index (χ0n) is 7.01. The van der Waals surface area contributed by atoms with Gasteiger partial charge in [-0.25, -0.2) is 4.57 Å². The summed E-state index contributed by atoms with van der Waals surface area (Å²) in [6, 6.07) is 1.70. The van der Waals surface area contributed by atoms with Gasteiger partial charge in [0.25, 0.3) is 5.13 Å². The van der Waals surface area contributed by atoms with E-state index in [0.29, 0.717) is 10.5 Å². The van der Waals surface area contributed by atoms with Gasteiger partial charge in [-0.3, -0.25) is 10.7 Å². The summed E-state index contributed by atoms with van der Waals surface area (Å²) < 4.78 is 2.53. The van der Waals surface area contributed by atoms with Crippen LogP contribution in [-0.2, 0) is 6.54 Å². The monoisotopic (exact) mass is 218 g/mol. The van der Waals surface area contributed by atoms with E-state index in [-0.39, 0.29) is 12.4 Å². The van der Waals surface area contributed by atoms with Gasteiger partial charge in [-0.15, -0.1) is 0 Å². The number of halogens is 1. The van der Waals surface area contributed by atoms with Crippen molar-refractivity contribution in [2.45, 2.75) is 13.0 Å². The first-order valence-corrected chi connectivity index (χ1v) is 4.71. The molecule has 0 aromatic carbocycles. The maximum absolute atomic E-state index is 7.46. The molecule has 0 amide bonds. The van der Waals surface area contributed by atoms with Crippen molar-refractivity contribution in [3.05, 3.63) is 10.7 Å². The number of nitrogens with zero attached hydrogens (tertiary/aromatic N) is 1. The van der Waals surface area contributed by atoms with E-state index in [1.807, 2.05) is 4.57 Å². The number of nitrogen functional groups attached to an aromatic ring is 1. The van der Waals surface area contributed by atoms with Gasteiger partial charge < -0.3 is 18.1 Å². The largest absolute Gasteiger partial charge is 1.00 e. The number of hydrogen-bond donors (Lipinski definition) is 3. The summed E-state index contributed by atoms with van der Waals surface area (Å²) in [5.41, 5.74) is 5.75. The molecule has 0 saturated heterocycles. The molecular formula is C7H11ClN4S. The van der Waals surface area contributed by atoms with Gasteiger partial charge in [0.05, 0.1) is 13.1 Å². The maximum atomic E-state index is 7.46. The van der Waals surface area contributed by atoms with Crippen molar-refractivity contribution in [1.82, 2.24) is 0 Å². The molecular weight excluding hydrogens is 208 g/mol. The summed E-state index contributed by atoms with van der Waals surface area (Å²) >= 11 is 1.43. The van der Waals surface area contributed by atoms with Gasteiger partial charge in [0, 0.05) is 12.5 Å². The summed E-state index contributed by atoms with van der Waals surface area (Å²) in [6.07, 6.45) is 1.10. The number of nitrogens with one attached hydrogen (secondary N) is 2. The van der Waals surface area contributed by atoms with Crippen molar-refractivity contribution in [2.24, 2.45) is 0 Å². The van der Waals surface area contributed by atoms with Crippen molar-refractivity contribution in [3.8, 4) is 0 Å². The molecule has 0 atom stereocenters. The minimum Gasteiger partial charge on any atom is -1.00 e. The van der Waals surface area contributed by atoms with Crippen LogP contribution in [0.25, 0.3) is 0 Å². The molecule has 1 aliphatic rings. The standard InChI is InChI=1S/C7H10N4S.ClH/c8-5-4-6(9)12-7-10-2-1-3-11(5)7;/h4H,1-3H2,(H3,8,9);1H. The summed E-state index contributed by atoms with van der Waals surface area (Å²) in [7, 11) is 0. The fourth-order valence-corrected chi connectivity index (χ4v) is 2.18. The van der Waals surface area contributed by atoms with E-state index < -0.39 is 0 Å². The molecule has 1 aromatic heterocycles. The first kappa shape index (κ1) is 10.3. The van der Waals surface area contributed by atoms with Crippen molar-refractivity contribution >= 4 is 22.3 Å². The van der Waals surface area contributed by atoms with E-state index in [1.54, 1.807) is 6.07 Å². The van der Waals surface area contributed by atoms with Crippen LogP contribution in [0.3, 0.4) is 0 Å². The van der Waals surface area contributed by atoms with Crippen molar-refractivity contribution in [1.29, 1.82) is 5.41 Å². The van der Waals surface area contributed by atoms with Gasteiger partial charge in [0.2, 0.25) is 5.82 Å². The van der Waals surface area contributed by atoms with Crippen molar-refractivity contribution < 1.29 is 17.0 Å². The molecule has 72 valence electrons. The molecule has 0 spiro atoms. The number of anilines is 2. The Labute approximate surface area is 86.3 Å². The summed E-state index contributed by atoms with van der Waals surface area (Å²) in [4.78, 5) is 0. The topological polar surface area (TPSA) is 65.8 Å². The normalized spacial score (nSPS) is 13.8. The van der Waals surface area contributed by atoms with Crippen LogP contribution in [0.5, 0.6) is 0 Å². The smallest absolute Gasteiger partial charge is 0.282 e. The molecule has 0 radical (unpaired) electrons. The quantitative estimate of drug-likeness (QED) is 0.405. The highest BCUT2D eigenvalue weighted by molar-refractivity contribution is 7.12. The Morgan fingerprint density at radius 2 is 2.38 bits per heavy atom. The first-order chi connectivity index (χ1) is 5.77. The molecule has 0 saturated carbocycles. The first-order valence-electron chi connectivity index (χ1n) is 3.89. The molecule has 2 rings (SSSR count). The lowest BCUT2D eigenvalue weighted by atomic mass is 10.4. The third-order valence-corrected chi connectivity index (χ3v) is 2.77. The van der Waals surface area contributed by atoms with Crippen LogP contribution in [0.1, 0.15) is 6.42 Å². The van der Waals surface area contributed by atoms with Gasteiger partial charge in [-0.2, -0.15) is 0 Å². The summed E-state index contributed by atoms with van der Waals surface area (Å²) in [5.74, 6) is 0.681. The Morgan fingerprint density at radius 1 is 1.62 bits per heavy atom. The second-order valence-electron chi connectivity index (χ2n) is 2.77. The fraction of sp³-hybridized carbons (Fsp3) is 0.429. The molecule has 0 bridgehead atoms. The van der Waals surface area contributed by atoms with Crippen LogP contribution in [-0.4, -0.2) is 6.54 Å². The molecule has 1 aromatic rings. The van der Waals surface area contributed by atoms with Crippen molar-refractivity contribution in [3.63, 3.8) is 0 Å². The highest BCUT2D eigenvalue weighted by Crippen LogP contribution is 2.10. The summed E-state index contributed by atoms with van der Waals surface area (Å²) in [5, 5.41) is 11.7.